The Labute approximate surface area is 303 Å². The molecular weight excluding hydrogens is 648 g/mol. The van der Waals surface area contributed by atoms with E-state index in [1.54, 1.807) is 31.1 Å². The van der Waals surface area contributed by atoms with Gasteiger partial charge in [0.05, 0.1) is 39.6 Å². The second-order valence-electron chi connectivity index (χ2n) is 13.8. The van der Waals surface area contributed by atoms with E-state index in [-0.39, 0.29) is 24.5 Å². The van der Waals surface area contributed by atoms with Gasteiger partial charge in [0, 0.05) is 50.9 Å². The smallest absolute Gasteiger partial charge is 0.410 e. The number of likely N-dealkylation sites (tertiary alicyclic amines) is 1. The number of ether oxygens (including phenoxy) is 6. The molecule has 1 fully saturated rings. The van der Waals surface area contributed by atoms with E-state index in [1.165, 1.54) is 0 Å². The number of para-hydroxylation sites is 2. The van der Waals surface area contributed by atoms with Gasteiger partial charge in [0.15, 0.2) is 0 Å². The number of hydrogen-bond acceptors (Lipinski definition) is 8. The maximum Gasteiger partial charge on any atom is 0.410 e. The molecule has 10 heteroatoms. The quantitative estimate of drug-likeness (QED) is 0.126. The van der Waals surface area contributed by atoms with Crippen molar-refractivity contribution < 1.29 is 38.0 Å². The third-order valence-corrected chi connectivity index (χ3v) is 8.86. The highest BCUT2D eigenvalue weighted by Gasteiger charge is 2.35. The van der Waals surface area contributed by atoms with Crippen LogP contribution in [0.25, 0.3) is 0 Å². The van der Waals surface area contributed by atoms with Crippen LogP contribution >= 0.6 is 0 Å². The van der Waals surface area contributed by atoms with Crippen LogP contribution in [0.2, 0.25) is 0 Å². The molecule has 0 bridgehead atoms. The van der Waals surface area contributed by atoms with E-state index >= 15 is 0 Å². The SMILES string of the molecule is COCCCCc1ccccc1N(C)C(=O)COC1CN(C(=O)OC(C)(C)C)CCC1c1ccc(OCCCOCc2ccccc2OC)cc1. The zero-order chi connectivity index (χ0) is 36.6. The summed E-state index contributed by atoms with van der Waals surface area (Å²) in [6.07, 6.45) is 3.41. The first kappa shape index (κ1) is 39.7. The third kappa shape index (κ3) is 12.6. The summed E-state index contributed by atoms with van der Waals surface area (Å²) in [4.78, 5) is 29.9. The van der Waals surface area contributed by atoms with Crippen LogP contribution in [0.15, 0.2) is 72.8 Å². The minimum Gasteiger partial charge on any atom is -0.496 e. The highest BCUT2D eigenvalue weighted by atomic mass is 16.6. The zero-order valence-corrected chi connectivity index (χ0v) is 31.2. The van der Waals surface area contributed by atoms with Crippen molar-refractivity contribution in [3.05, 3.63) is 89.5 Å². The topological polar surface area (TPSA) is 96.0 Å². The van der Waals surface area contributed by atoms with E-state index in [9.17, 15) is 9.59 Å². The first-order valence-electron chi connectivity index (χ1n) is 17.9. The Kier molecular flexibility index (Phi) is 15.6. The number of nitrogens with zero attached hydrogens (tertiary/aromatic N) is 2. The number of hydrogen-bond donors (Lipinski definition) is 0. The molecule has 1 aliphatic rings. The fourth-order valence-electron chi connectivity index (χ4n) is 6.15. The fourth-order valence-corrected chi connectivity index (χ4v) is 6.15. The Morgan fingerprint density at radius 2 is 1.59 bits per heavy atom. The maximum absolute atomic E-state index is 13.5. The second kappa shape index (κ2) is 20.1. The molecule has 278 valence electrons. The van der Waals surface area contributed by atoms with Gasteiger partial charge >= 0.3 is 6.09 Å². The monoisotopic (exact) mass is 704 g/mol. The van der Waals surface area contributed by atoms with Crippen LogP contribution < -0.4 is 14.4 Å². The van der Waals surface area contributed by atoms with E-state index in [4.69, 9.17) is 28.4 Å². The van der Waals surface area contributed by atoms with Gasteiger partial charge in [0.1, 0.15) is 23.7 Å². The van der Waals surface area contributed by atoms with Crippen LogP contribution in [0.5, 0.6) is 11.5 Å². The Morgan fingerprint density at radius 1 is 0.863 bits per heavy atom. The minimum absolute atomic E-state index is 0.0210. The molecule has 1 aliphatic heterocycles. The number of likely N-dealkylation sites (N-methyl/N-ethyl adjacent to an activating group) is 1. The van der Waals surface area contributed by atoms with Crippen LogP contribution in [0.4, 0.5) is 10.5 Å². The summed E-state index contributed by atoms with van der Waals surface area (Å²) in [6, 6.07) is 23.8. The number of methoxy groups -OCH3 is 2. The van der Waals surface area contributed by atoms with Gasteiger partial charge in [0.2, 0.25) is 0 Å². The van der Waals surface area contributed by atoms with Gasteiger partial charge in [-0.25, -0.2) is 4.79 Å². The molecule has 2 atom stereocenters. The van der Waals surface area contributed by atoms with Crippen molar-refractivity contribution in [3.8, 4) is 11.5 Å². The largest absolute Gasteiger partial charge is 0.496 e. The van der Waals surface area contributed by atoms with Gasteiger partial charge < -0.3 is 38.2 Å². The van der Waals surface area contributed by atoms with Crippen molar-refractivity contribution in [2.24, 2.45) is 0 Å². The Bertz CT molecular complexity index is 1510. The molecule has 0 saturated carbocycles. The number of piperidine rings is 1. The number of anilines is 1. The van der Waals surface area contributed by atoms with Crippen molar-refractivity contribution in [1.29, 1.82) is 0 Å². The minimum atomic E-state index is -0.614. The van der Waals surface area contributed by atoms with Crippen LogP contribution in [0, 0.1) is 0 Å². The maximum atomic E-state index is 13.5. The molecule has 0 radical (unpaired) electrons. The summed E-state index contributed by atoms with van der Waals surface area (Å²) in [5.41, 5.74) is 3.45. The Balaban J connectivity index is 1.35. The van der Waals surface area contributed by atoms with Gasteiger partial charge in [-0.2, -0.15) is 0 Å². The molecule has 3 aromatic carbocycles. The van der Waals surface area contributed by atoms with Crippen molar-refractivity contribution in [3.63, 3.8) is 0 Å². The van der Waals surface area contributed by atoms with Crippen molar-refractivity contribution >= 4 is 17.7 Å². The molecule has 10 nitrogen and oxygen atoms in total. The number of benzene rings is 3. The second-order valence-corrected chi connectivity index (χ2v) is 13.8. The molecule has 2 unspecified atom stereocenters. The number of carbonyl (C=O) groups is 2. The van der Waals surface area contributed by atoms with E-state index in [0.717, 1.165) is 59.6 Å². The average Bonchev–Trinajstić information content (AvgIpc) is 3.13. The van der Waals surface area contributed by atoms with Crippen molar-refractivity contribution in [1.82, 2.24) is 4.90 Å². The van der Waals surface area contributed by atoms with Gasteiger partial charge in [0.25, 0.3) is 5.91 Å². The molecule has 1 heterocycles. The number of rotatable bonds is 18. The van der Waals surface area contributed by atoms with Crippen LogP contribution in [-0.4, -0.2) is 89.4 Å². The molecule has 4 rings (SSSR count). The lowest BCUT2D eigenvalue weighted by molar-refractivity contribution is -0.126. The number of carbonyl (C=O) groups excluding carboxylic acids is 2. The van der Waals surface area contributed by atoms with Crippen molar-refractivity contribution in [2.75, 3.05) is 65.7 Å². The predicted octanol–water partition coefficient (Wildman–Crippen LogP) is 7.42. The van der Waals surface area contributed by atoms with E-state index in [2.05, 4.69) is 6.07 Å². The van der Waals surface area contributed by atoms with E-state index < -0.39 is 11.7 Å². The van der Waals surface area contributed by atoms with Gasteiger partial charge in [-0.1, -0.05) is 48.5 Å². The molecule has 2 amide bonds. The van der Waals surface area contributed by atoms with Crippen molar-refractivity contribution in [2.45, 2.75) is 77.1 Å². The predicted molar refractivity (Wildman–Crippen MR) is 199 cm³/mol. The standard InChI is InChI=1S/C41H56N2O8/c1-41(2,3)51-40(45)43-24-23-35(31-19-21-34(22-20-31)49-27-13-26-48-29-33-16-8-10-18-37(33)47-6)38(28-43)50-30-39(44)42(4)36-17-9-7-14-32(36)15-11-12-25-46-5/h7-10,14,16-22,35,38H,11-13,15,23-30H2,1-6H3. The summed E-state index contributed by atoms with van der Waals surface area (Å²) in [7, 11) is 5.16. The number of amides is 2. The zero-order valence-electron chi connectivity index (χ0n) is 31.2. The Hall–Kier alpha value is -4.12. The Morgan fingerprint density at radius 3 is 2.31 bits per heavy atom. The summed E-state index contributed by atoms with van der Waals surface area (Å²) in [6.45, 7) is 8.59. The van der Waals surface area contributed by atoms with Gasteiger partial charge in [-0.3, -0.25) is 4.79 Å². The molecular formula is C41H56N2O8. The normalized spacial score (nSPS) is 16.1. The molecule has 0 spiro atoms. The first-order valence-corrected chi connectivity index (χ1v) is 17.9. The average molecular weight is 705 g/mol. The lowest BCUT2D eigenvalue weighted by Gasteiger charge is -2.39. The third-order valence-electron chi connectivity index (χ3n) is 8.86. The first-order chi connectivity index (χ1) is 24.6. The van der Waals surface area contributed by atoms with E-state index in [1.807, 2.05) is 87.5 Å². The summed E-state index contributed by atoms with van der Waals surface area (Å²) in [5.74, 6) is 1.42. The lowest BCUT2D eigenvalue weighted by atomic mass is 9.87. The lowest BCUT2D eigenvalue weighted by Crippen LogP contribution is -2.49. The van der Waals surface area contributed by atoms with Gasteiger partial charge in [-0.05, 0) is 81.8 Å². The highest BCUT2D eigenvalue weighted by molar-refractivity contribution is 5.94. The number of aryl methyl sites for hydroxylation is 1. The van der Waals surface area contributed by atoms with Crippen LogP contribution in [-0.2, 0) is 36.8 Å². The van der Waals surface area contributed by atoms with Crippen LogP contribution in [0.1, 0.15) is 69.1 Å². The molecule has 3 aromatic rings. The summed E-state index contributed by atoms with van der Waals surface area (Å²) >= 11 is 0. The molecule has 51 heavy (non-hydrogen) atoms. The van der Waals surface area contributed by atoms with Crippen LogP contribution in [0.3, 0.4) is 0 Å². The molecule has 0 N–H and O–H groups in total. The summed E-state index contributed by atoms with van der Waals surface area (Å²) < 4.78 is 34.5. The summed E-state index contributed by atoms with van der Waals surface area (Å²) in [5, 5.41) is 0. The molecule has 0 aliphatic carbocycles. The highest BCUT2D eigenvalue weighted by Crippen LogP contribution is 2.33. The van der Waals surface area contributed by atoms with Gasteiger partial charge in [-0.15, -0.1) is 0 Å². The number of unbranched alkanes of at least 4 members (excludes halogenated alkanes) is 1. The molecule has 0 aromatic heterocycles. The molecule has 1 saturated heterocycles. The fraction of sp³-hybridized carbons (Fsp3) is 0.512. The van der Waals surface area contributed by atoms with E-state index in [0.29, 0.717) is 45.9 Å².